The predicted molar refractivity (Wildman–Crippen MR) is 39.6 cm³/mol. The van der Waals surface area contributed by atoms with Crippen LogP contribution < -0.4 is 11.1 Å². The molecule has 3 N–H and O–H groups in total. The Morgan fingerprint density at radius 1 is 1.45 bits per heavy atom. The van der Waals surface area contributed by atoms with Gasteiger partial charge in [-0.3, -0.25) is 9.59 Å². The molecule has 1 fully saturated rings. The highest BCUT2D eigenvalue weighted by Gasteiger charge is 2.43. The SMILES string of the molecule is CC(=O)NC1(C(N)=O)CCC1. The molecule has 0 aromatic carbocycles. The summed E-state index contributed by atoms with van der Waals surface area (Å²) in [5, 5.41) is 2.58. The van der Waals surface area contributed by atoms with Crippen molar-refractivity contribution in [3.8, 4) is 0 Å². The lowest BCUT2D eigenvalue weighted by atomic mass is 9.76. The molecule has 0 atom stereocenters. The summed E-state index contributed by atoms with van der Waals surface area (Å²) in [6.45, 7) is 1.39. The van der Waals surface area contributed by atoms with Crippen molar-refractivity contribution >= 4 is 11.8 Å². The minimum absolute atomic E-state index is 0.191. The summed E-state index contributed by atoms with van der Waals surface area (Å²) >= 11 is 0. The lowest BCUT2D eigenvalue weighted by Gasteiger charge is -2.38. The van der Waals surface area contributed by atoms with Crippen LogP contribution in [0.3, 0.4) is 0 Å². The lowest BCUT2D eigenvalue weighted by molar-refractivity contribution is -0.134. The van der Waals surface area contributed by atoms with Crippen LogP contribution in [0.2, 0.25) is 0 Å². The molecule has 1 aliphatic carbocycles. The monoisotopic (exact) mass is 156 g/mol. The van der Waals surface area contributed by atoms with E-state index < -0.39 is 11.4 Å². The van der Waals surface area contributed by atoms with Crippen molar-refractivity contribution in [2.75, 3.05) is 0 Å². The molecular weight excluding hydrogens is 144 g/mol. The molecule has 0 aromatic heterocycles. The molecule has 0 spiro atoms. The van der Waals surface area contributed by atoms with Crippen molar-refractivity contribution in [3.05, 3.63) is 0 Å². The van der Waals surface area contributed by atoms with Gasteiger partial charge in [-0.1, -0.05) is 0 Å². The fourth-order valence-electron chi connectivity index (χ4n) is 1.30. The van der Waals surface area contributed by atoms with E-state index in [4.69, 9.17) is 5.73 Å². The highest BCUT2D eigenvalue weighted by molar-refractivity contribution is 5.90. The van der Waals surface area contributed by atoms with Gasteiger partial charge in [0.25, 0.3) is 0 Å². The van der Waals surface area contributed by atoms with E-state index in [1.54, 1.807) is 0 Å². The third-order valence-electron chi connectivity index (χ3n) is 2.09. The number of rotatable bonds is 2. The Bertz CT molecular complexity index is 197. The molecule has 1 saturated carbocycles. The molecule has 1 aliphatic rings. The van der Waals surface area contributed by atoms with E-state index in [9.17, 15) is 9.59 Å². The Balaban J connectivity index is 2.61. The van der Waals surface area contributed by atoms with Crippen molar-refractivity contribution in [2.45, 2.75) is 31.7 Å². The third-order valence-corrected chi connectivity index (χ3v) is 2.09. The normalized spacial score (nSPS) is 20.1. The van der Waals surface area contributed by atoms with Crippen LogP contribution in [0.4, 0.5) is 0 Å². The third kappa shape index (κ3) is 1.34. The van der Waals surface area contributed by atoms with Crippen molar-refractivity contribution in [1.29, 1.82) is 0 Å². The zero-order valence-electron chi connectivity index (χ0n) is 6.52. The van der Waals surface area contributed by atoms with E-state index in [1.807, 2.05) is 0 Å². The van der Waals surface area contributed by atoms with Gasteiger partial charge in [-0.2, -0.15) is 0 Å². The lowest BCUT2D eigenvalue weighted by Crippen LogP contribution is -2.61. The molecule has 62 valence electrons. The summed E-state index contributed by atoms with van der Waals surface area (Å²) in [6, 6.07) is 0. The molecule has 4 heteroatoms. The summed E-state index contributed by atoms with van der Waals surface area (Å²) in [5.41, 5.74) is 4.41. The van der Waals surface area contributed by atoms with E-state index in [0.717, 1.165) is 6.42 Å². The molecular formula is C7H12N2O2. The van der Waals surface area contributed by atoms with Crippen LogP contribution in [0.15, 0.2) is 0 Å². The van der Waals surface area contributed by atoms with E-state index in [1.165, 1.54) is 6.92 Å². The van der Waals surface area contributed by atoms with Gasteiger partial charge in [0.1, 0.15) is 5.54 Å². The first-order valence-electron chi connectivity index (χ1n) is 3.65. The second-order valence-electron chi connectivity index (χ2n) is 2.98. The van der Waals surface area contributed by atoms with Gasteiger partial charge in [0.2, 0.25) is 11.8 Å². The Kier molecular flexibility index (Phi) is 1.85. The van der Waals surface area contributed by atoms with Crippen LogP contribution in [-0.2, 0) is 9.59 Å². The van der Waals surface area contributed by atoms with Crippen LogP contribution >= 0.6 is 0 Å². The molecule has 1 rings (SSSR count). The number of hydrogen-bond donors (Lipinski definition) is 2. The first kappa shape index (κ1) is 8.04. The summed E-state index contributed by atoms with van der Waals surface area (Å²) in [4.78, 5) is 21.5. The van der Waals surface area contributed by atoms with Gasteiger partial charge < -0.3 is 11.1 Å². The average Bonchev–Trinajstić information content (AvgIpc) is 1.77. The number of hydrogen-bond acceptors (Lipinski definition) is 2. The van der Waals surface area contributed by atoms with Crippen LogP contribution in [-0.4, -0.2) is 17.4 Å². The number of carbonyl (C=O) groups excluding carboxylic acids is 2. The summed E-state index contributed by atoms with van der Waals surface area (Å²) in [7, 11) is 0. The highest BCUT2D eigenvalue weighted by atomic mass is 16.2. The molecule has 0 aliphatic heterocycles. The molecule has 0 radical (unpaired) electrons. The van der Waals surface area contributed by atoms with E-state index in [-0.39, 0.29) is 5.91 Å². The van der Waals surface area contributed by atoms with E-state index in [0.29, 0.717) is 12.8 Å². The maximum Gasteiger partial charge on any atom is 0.243 e. The van der Waals surface area contributed by atoms with Crippen LogP contribution in [0, 0.1) is 0 Å². The van der Waals surface area contributed by atoms with Crippen molar-refractivity contribution in [3.63, 3.8) is 0 Å². The van der Waals surface area contributed by atoms with Crippen LogP contribution in [0.1, 0.15) is 26.2 Å². The molecule has 0 heterocycles. The van der Waals surface area contributed by atoms with E-state index in [2.05, 4.69) is 5.32 Å². The standard InChI is InChI=1S/C7H12N2O2/c1-5(10)9-7(6(8)11)3-2-4-7/h2-4H2,1H3,(H2,8,11)(H,9,10). The van der Waals surface area contributed by atoms with Gasteiger partial charge in [-0.15, -0.1) is 0 Å². The first-order valence-corrected chi connectivity index (χ1v) is 3.65. The Morgan fingerprint density at radius 3 is 2.09 bits per heavy atom. The number of nitrogens with two attached hydrogens (primary N) is 1. The Morgan fingerprint density at radius 2 is 2.00 bits per heavy atom. The van der Waals surface area contributed by atoms with Crippen molar-refractivity contribution in [1.82, 2.24) is 5.32 Å². The van der Waals surface area contributed by atoms with Gasteiger partial charge in [0, 0.05) is 6.92 Å². The van der Waals surface area contributed by atoms with Crippen LogP contribution in [0.5, 0.6) is 0 Å². The Labute approximate surface area is 65.1 Å². The van der Waals surface area contributed by atoms with Crippen molar-refractivity contribution in [2.24, 2.45) is 5.73 Å². The van der Waals surface area contributed by atoms with Gasteiger partial charge >= 0.3 is 0 Å². The highest BCUT2D eigenvalue weighted by Crippen LogP contribution is 2.31. The zero-order chi connectivity index (χ0) is 8.48. The van der Waals surface area contributed by atoms with Crippen LogP contribution in [0.25, 0.3) is 0 Å². The average molecular weight is 156 g/mol. The van der Waals surface area contributed by atoms with Gasteiger partial charge in [-0.05, 0) is 19.3 Å². The van der Waals surface area contributed by atoms with Gasteiger partial charge in [0.15, 0.2) is 0 Å². The summed E-state index contributed by atoms with van der Waals surface area (Å²) < 4.78 is 0. The molecule has 0 aromatic rings. The number of primary amides is 1. The topological polar surface area (TPSA) is 72.2 Å². The number of amides is 2. The van der Waals surface area contributed by atoms with Gasteiger partial charge in [-0.25, -0.2) is 0 Å². The number of carbonyl (C=O) groups is 2. The molecule has 4 nitrogen and oxygen atoms in total. The molecule has 0 bridgehead atoms. The maximum atomic E-state index is 10.8. The minimum Gasteiger partial charge on any atom is -0.368 e. The molecule has 2 amide bonds. The molecule has 0 unspecified atom stereocenters. The second kappa shape index (κ2) is 2.53. The van der Waals surface area contributed by atoms with Crippen molar-refractivity contribution < 1.29 is 9.59 Å². The quantitative estimate of drug-likeness (QED) is 0.567. The fraction of sp³-hybridized carbons (Fsp3) is 0.714. The molecule has 0 saturated heterocycles. The molecule has 11 heavy (non-hydrogen) atoms. The fourth-order valence-corrected chi connectivity index (χ4v) is 1.30. The van der Waals surface area contributed by atoms with E-state index >= 15 is 0 Å². The first-order chi connectivity index (χ1) is 5.07. The summed E-state index contributed by atoms with van der Waals surface area (Å²) in [6.07, 6.45) is 2.33. The number of nitrogens with one attached hydrogen (secondary N) is 1. The predicted octanol–water partition coefficient (Wildman–Crippen LogP) is -0.470. The second-order valence-corrected chi connectivity index (χ2v) is 2.98. The van der Waals surface area contributed by atoms with Gasteiger partial charge in [0.05, 0.1) is 0 Å². The maximum absolute atomic E-state index is 10.8. The zero-order valence-corrected chi connectivity index (χ0v) is 6.52. The summed E-state index contributed by atoms with van der Waals surface area (Å²) in [5.74, 6) is -0.609. The minimum atomic E-state index is -0.716. The largest absolute Gasteiger partial charge is 0.368 e. The Hall–Kier alpha value is -1.06. The smallest absolute Gasteiger partial charge is 0.243 e.